The van der Waals surface area contributed by atoms with E-state index in [9.17, 15) is 4.79 Å². The number of thiazole rings is 1. The lowest BCUT2D eigenvalue weighted by molar-refractivity contribution is 0.102. The number of carbonyl (C=O) groups excluding carboxylic acids is 1. The number of nitrogens with zero attached hydrogens (tertiary/aromatic N) is 1. The first-order valence-electron chi connectivity index (χ1n) is 7.84. The molecule has 0 bridgehead atoms. The molecule has 0 fully saturated rings. The fourth-order valence-corrected chi connectivity index (χ4v) is 4.13. The van der Waals surface area contributed by atoms with Gasteiger partial charge in [0.05, 0.1) is 24.9 Å². The summed E-state index contributed by atoms with van der Waals surface area (Å²) >= 11 is 7.72. The van der Waals surface area contributed by atoms with Crippen molar-refractivity contribution >= 4 is 34.0 Å². The molecule has 2 aromatic rings. The zero-order chi connectivity index (χ0) is 17.1. The number of ether oxygens (including phenoxy) is 2. The maximum atomic E-state index is 12.5. The van der Waals surface area contributed by atoms with E-state index in [-0.39, 0.29) is 5.91 Å². The van der Waals surface area contributed by atoms with E-state index in [1.165, 1.54) is 31.9 Å². The Balaban J connectivity index is 1.81. The second kappa shape index (κ2) is 7.40. The highest BCUT2D eigenvalue weighted by atomic mass is 35.5. The van der Waals surface area contributed by atoms with Crippen molar-refractivity contribution in [3.63, 3.8) is 0 Å². The van der Waals surface area contributed by atoms with Gasteiger partial charge < -0.3 is 9.47 Å². The predicted molar refractivity (Wildman–Crippen MR) is 95.9 cm³/mol. The third-order valence-corrected chi connectivity index (χ3v) is 5.37. The summed E-state index contributed by atoms with van der Waals surface area (Å²) in [6, 6.07) is 3.18. The van der Waals surface area contributed by atoms with Gasteiger partial charge in [0.15, 0.2) is 16.6 Å². The molecule has 0 spiro atoms. The van der Waals surface area contributed by atoms with E-state index in [0.29, 0.717) is 27.2 Å². The Labute approximate surface area is 150 Å². The van der Waals surface area contributed by atoms with Crippen LogP contribution in [0.15, 0.2) is 12.1 Å². The van der Waals surface area contributed by atoms with Gasteiger partial charge in [-0.25, -0.2) is 4.98 Å². The maximum absolute atomic E-state index is 12.5. The molecule has 128 valence electrons. The van der Waals surface area contributed by atoms with E-state index in [1.807, 2.05) is 0 Å². The lowest BCUT2D eigenvalue weighted by Crippen LogP contribution is -2.12. The number of hydrogen-bond donors (Lipinski definition) is 1. The summed E-state index contributed by atoms with van der Waals surface area (Å²) in [5.74, 6) is 0.573. The van der Waals surface area contributed by atoms with Crippen molar-refractivity contribution in [2.24, 2.45) is 0 Å². The van der Waals surface area contributed by atoms with Gasteiger partial charge in [0.25, 0.3) is 5.91 Å². The molecule has 1 aliphatic rings. The molecule has 0 saturated heterocycles. The summed E-state index contributed by atoms with van der Waals surface area (Å²) in [5, 5.41) is 3.83. The first kappa shape index (κ1) is 17.0. The number of aromatic nitrogens is 1. The third-order valence-electron chi connectivity index (χ3n) is 4.01. The second-order valence-electron chi connectivity index (χ2n) is 5.60. The number of fused-ring (bicyclic) bond motifs is 1. The molecule has 0 radical (unpaired) electrons. The Hall–Kier alpha value is -1.79. The lowest BCUT2D eigenvalue weighted by Gasteiger charge is -2.11. The first-order chi connectivity index (χ1) is 11.6. The van der Waals surface area contributed by atoms with Crippen LogP contribution in [-0.2, 0) is 12.8 Å². The second-order valence-corrected chi connectivity index (χ2v) is 7.09. The highest BCUT2D eigenvalue weighted by Gasteiger charge is 2.18. The number of carbonyl (C=O) groups is 1. The van der Waals surface area contributed by atoms with E-state index in [4.69, 9.17) is 21.1 Å². The van der Waals surface area contributed by atoms with Gasteiger partial charge in [0.2, 0.25) is 0 Å². The zero-order valence-electron chi connectivity index (χ0n) is 13.6. The van der Waals surface area contributed by atoms with Crippen molar-refractivity contribution in [1.29, 1.82) is 0 Å². The number of methoxy groups -OCH3 is 2. The molecule has 1 aliphatic carbocycles. The molecule has 1 aromatic carbocycles. The van der Waals surface area contributed by atoms with Gasteiger partial charge in [-0.05, 0) is 37.8 Å². The molecule has 0 aliphatic heterocycles. The molecule has 1 heterocycles. The average molecular weight is 367 g/mol. The largest absolute Gasteiger partial charge is 0.493 e. The fraction of sp³-hybridized carbons (Fsp3) is 0.412. The van der Waals surface area contributed by atoms with Gasteiger partial charge in [-0.2, -0.15) is 0 Å². The maximum Gasteiger partial charge on any atom is 0.257 e. The summed E-state index contributed by atoms with van der Waals surface area (Å²) in [6.07, 6.45) is 5.63. The molecule has 1 amide bonds. The monoisotopic (exact) mass is 366 g/mol. The van der Waals surface area contributed by atoms with Crippen LogP contribution in [0, 0.1) is 0 Å². The summed E-state index contributed by atoms with van der Waals surface area (Å²) in [6.45, 7) is 0. The van der Waals surface area contributed by atoms with Crippen LogP contribution < -0.4 is 14.8 Å². The Bertz CT molecular complexity index is 737. The van der Waals surface area contributed by atoms with Crippen LogP contribution in [0.25, 0.3) is 0 Å². The van der Waals surface area contributed by atoms with Gasteiger partial charge in [0.1, 0.15) is 0 Å². The third kappa shape index (κ3) is 3.49. The standard InChI is InChI=1S/C17H19ClN2O3S/c1-22-13-9-10(8-11(18)15(13)23-2)16(21)20-17-19-12-6-4-3-5-7-14(12)24-17/h8-9H,3-7H2,1-2H3,(H,19,20,21). The van der Waals surface area contributed by atoms with Crippen LogP contribution in [0.2, 0.25) is 5.02 Å². The van der Waals surface area contributed by atoms with Crippen LogP contribution in [0.4, 0.5) is 5.13 Å². The van der Waals surface area contributed by atoms with Crippen LogP contribution in [-0.4, -0.2) is 25.1 Å². The molecule has 7 heteroatoms. The van der Waals surface area contributed by atoms with E-state index >= 15 is 0 Å². The first-order valence-corrected chi connectivity index (χ1v) is 9.03. The van der Waals surface area contributed by atoms with Crippen LogP contribution in [0.1, 0.15) is 40.2 Å². The normalized spacial score (nSPS) is 13.8. The number of hydrogen-bond acceptors (Lipinski definition) is 5. The number of amides is 1. The smallest absolute Gasteiger partial charge is 0.257 e. The van der Waals surface area contributed by atoms with Gasteiger partial charge in [0, 0.05) is 10.4 Å². The van der Waals surface area contributed by atoms with Crippen molar-refractivity contribution in [2.75, 3.05) is 19.5 Å². The van der Waals surface area contributed by atoms with Crippen LogP contribution in [0.3, 0.4) is 0 Å². The number of nitrogens with one attached hydrogen (secondary N) is 1. The minimum atomic E-state index is -0.262. The van der Waals surface area contributed by atoms with Crippen LogP contribution in [0.5, 0.6) is 11.5 Å². The van der Waals surface area contributed by atoms with Gasteiger partial charge >= 0.3 is 0 Å². The number of halogens is 1. The Kier molecular flexibility index (Phi) is 5.26. The molecule has 0 unspecified atom stereocenters. The van der Waals surface area contributed by atoms with E-state index < -0.39 is 0 Å². The molecule has 0 atom stereocenters. The quantitative estimate of drug-likeness (QED) is 0.818. The molecule has 0 saturated carbocycles. The molecular formula is C17H19ClN2O3S. The predicted octanol–water partition coefficient (Wildman–Crippen LogP) is 4.33. The summed E-state index contributed by atoms with van der Waals surface area (Å²) < 4.78 is 10.4. The molecule has 1 N–H and O–H groups in total. The Morgan fingerprint density at radius 1 is 1.21 bits per heavy atom. The molecule has 24 heavy (non-hydrogen) atoms. The van der Waals surface area contributed by atoms with Crippen LogP contribution >= 0.6 is 22.9 Å². The van der Waals surface area contributed by atoms with Crippen molar-refractivity contribution in [1.82, 2.24) is 4.98 Å². The summed E-state index contributed by atoms with van der Waals surface area (Å²) in [4.78, 5) is 18.4. The average Bonchev–Trinajstić information content (AvgIpc) is 2.82. The zero-order valence-corrected chi connectivity index (χ0v) is 15.2. The van der Waals surface area contributed by atoms with E-state index in [1.54, 1.807) is 23.5 Å². The topological polar surface area (TPSA) is 60.5 Å². The Morgan fingerprint density at radius 3 is 2.75 bits per heavy atom. The lowest BCUT2D eigenvalue weighted by atomic mass is 10.2. The van der Waals surface area contributed by atoms with Crippen molar-refractivity contribution in [3.05, 3.63) is 33.3 Å². The van der Waals surface area contributed by atoms with Gasteiger partial charge in [-0.15, -0.1) is 11.3 Å². The number of anilines is 1. The van der Waals surface area contributed by atoms with E-state index in [2.05, 4.69) is 10.3 Å². The fourth-order valence-electron chi connectivity index (χ4n) is 2.80. The highest BCUT2D eigenvalue weighted by Crippen LogP contribution is 2.36. The SMILES string of the molecule is COc1cc(C(=O)Nc2nc3c(s2)CCCCC3)cc(Cl)c1OC. The van der Waals surface area contributed by atoms with E-state index in [0.717, 1.165) is 25.0 Å². The number of rotatable bonds is 4. The molecule has 1 aromatic heterocycles. The van der Waals surface area contributed by atoms with Crippen molar-refractivity contribution in [2.45, 2.75) is 32.1 Å². The molecular weight excluding hydrogens is 348 g/mol. The summed E-state index contributed by atoms with van der Waals surface area (Å²) in [7, 11) is 3.01. The minimum absolute atomic E-state index is 0.262. The number of benzene rings is 1. The van der Waals surface area contributed by atoms with Crippen molar-refractivity contribution in [3.8, 4) is 11.5 Å². The number of aryl methyl sites for hydroxylation is 2. The highest BCUT2D eigenvalue weighted by molar-refractivity contribution is 7.15. The van der Waals surface area contributed by atoms with Crippen molar-refractivity contribution < 1.29 is 14.3 Å². The minimum Gasteiger partial charge on any atom is -0.493 e. The molecule has 5 nitrogen and oxygen atoms in total. The Morgan fingerprint density at radius 2 is 2.00 bits per heavy atom. The van der Waals surface area contributed by atoms with Gasteiger partial charge in [-0.1, -0.05) is 18.0 Å². The molecule has 3 rings (SSSR count). The summed E-state index contributed by atoms with van der Waals surface area (Å²) in [5.41, 5.74) is 1.53. The van der Waals surface area contributed by atoms with Gasteiger partial charge in [-0.3, -0.25) is 10.1 Å².